The van der Waals surface area contributed by atoms with Gasteiger partial charge in [-0.2, -0.15) is 0 Å². The van der Waals surface area contributed by atoms with Crippen molar-refractivity contribution in [1.29, 1.82) is 0 Å². The Hall–Kier alpha value is -2.15. The van der Waals surface area contributed by atoms with Crippen LogP contribution in [0.25, 0.3) is 10.9 Å². The van der Waals surface area contributed by atoms with E-state index in [4.69, 9.17) is 0 Å². The SMILES string of the molecule is CC(=O)c1cn(C(C)C(=O)NCCS(C)(=O)=O)c2ccccc12. The molecule has 1 atom stereocenters. The minimum absolute atomic E-state index is 0.0652. The molecule has 2 rings (SSSR count). The molecule has 7 heteroatoms. The molecule has 2 aromatic rings. The fourth-order valence-electron chi connectivity index (χ4n) is 2.44. The summed E-state index contributed by atoms with van der Waals surface area (Å²) in [5.41, 5.74) is 1.36. The topological polar surface area (TPSA) is 85.2 Å². The Morgan fingerprint density at radius 1 is 1.26 bits per heavy atom. The normalized spacial score (nSPS) is 13.0. The molecule has 1 unspecified atom stereocenters. The lowest BCUT2D eigenvalue weighted by Gasteiger charge is -2.15. The monoisotopic (exact) mass is 336 g/mol. The highest BCUT2D eigenvalue weighted by atomic mass is 32.2. The van der Waals surface area contributed by atoms with Crippen molar-refractivity contribution >= 4 is 32.4 Å². The molecule has 1 N–H and O–H groups in total. The molecule has 0 aliphatic carbocycles. The van der Waals surface area contributed by atoms with Gasteiger partial charge in [-0.05, 0) is 19.9 Å². The molecule has 0 aliphatic heterocycles. The minimum atomic E-state index is -3.12. The first-order chi connectivity index (χ1) is 10.7. The van der Waals surface area contributed by atoms with Crippen LogP contribution < -0.4 is 5.32 Å². The number of benzene rings is 1. The molecule has 124 valence electrons. The molecule has 23 heavy (non-hydrogen) atoms. The van der Waals surface area contributed by atoms with Crippen LogP contribution in [0.3, 0.4) is 0 Å². The Morgan fingerprint density at radius 2 is 1.91 bits per heavy atom. The Morgan fingerprint density at radius 3 is 2.52 bits per heavy atom. The molecule has 6 nitrogen and oxygen atoms in total. The maximum absolute atomic E-state index is 12.2. The van der Waals surface area contributed by atoms with Gasteiger partial charge in [-0.25, -0.2) is 8.42 Å². The Balaban J connectivity index is 2.25. The summed E-state index contributed by atoms with van der Waals surface area (Å²) < 4.78 is 24.0. The Kier molecular flexibility index (Phi) is 4.89. The third-order valence-corrected chi connectivity index (χ3v) is 4.63. The van der Waals surface area contributed by atoms with Crippen molar-refractivity contribution in [3.05, 3.63) is 36.0 Å². The van der Waals surface area contributed by atoms with Crippen molar-refractivity contribution in [2.75, 3.05) is 18.6 Å². The van der Waals surface area contributed by atoms with Crippen molar-refractivity contribution in [1.82, 2.24) is 9.88 Å². The van der Waals surface area contributed by atoms with E-state index in [2.05, 4.69) is 5.32 Å². The lowest BCUT2D eigenvalue weighted by Crippen LogP contribution is -2.34. The van der Waals surface area contributed by atoms with E-state index in [0.29, 0.717) is 5.56 Å². The van der Waals surface area contributed by atoms with Crippen molar-refractivity contribution in [3.8, 4) is 0 Å². The molecule has 0 saturated carbocycles. The number of sulfone groups is 1. The average molecular weight is 336 g/mol. The van der Waals surface area contributed by atoms with Gasteiger partial charge < -0.3 is 9.88 Å². The van der Waals surface area contributed by atoms with Crippen LogP contribution in [-0.4, -0.2) is 43.2 Å². The molecular weight excluding hydrogens is 316 g/mol. The zero-order chi connectivity index (χ0) is 17.2. The Labute approximate surface area is 135 Å². The number of ketones is 1. The maximum atomic E-state index is 12.2. The van der Waals surface area contributed by atoms with E-state index < -0.39 is 15.9 Å². The van der Waals surface area contributed by atoms with E-state index in [1.807, 2.05) is 24.3 Å². The highest BCUT2D eigenvalue weighted by Crippen LogP contribution is 2.25. The third-order valence-electron chi connectivity index (χ3n) is 3.69. The number of hydrogen-bond acceptors (Lipinski definition) is 4. The second kappa shape index (κ2) is 6.54. The number of Topliss-reactive ketones (excluding diaryl/α,β-unsaturated/α-hetero) is 1. The number of para-hydroxylation sites is 1. The number of nitrogens with zero attached hydrogens (tertiary/aromatic N) is 1. The van der Waals surface area contributed by atoms with Gasteiger partial charge in [-0.3, -0.25) is 9.59 Å². The lowest BCUT2D eigenvalue weighted by atomic mass is 10.1. The molecule has 1 amide bonds. The van der Waals surface area contributed by atoms with E-state index in [1.54, 1.807) is 17.7 Å². The smallest absolute Gasteiger partial charge is 0.242 e. The number of hydrogen-bond donors (Lipinski definition) is 1. The van der Waals surface area contributed by atoms with Crippen LogP contribution in [0.5, 0.6) is 0 Å². The molecule has 0 radical (unpaired) electrons. The van der Waals surface area contributed by atoms with Crippen LogP contribution in [0, 0.1) is 0 Å². The number of amides is 1. The first kappa shape index (κ1) is 17.2. The van der Waals surface area contributed by atoms with Crippen molar-refractivity contribution in [2.24, 2.45) is 0 Å². The molecule has 1 heterocycles. The van der Waals surface area contributed by atoms with Gasteiger partial charge in [0.25, 0.3) is 0 Å². The van der Waals surface area contributed by atoms with E-state index in [1.165, 1.54) is 6.92 Å². The van der Waals surface area contributed by atoms with Crippen molar-refractivity contribution in [3.63, 3.8) is 0 Å². The summed E-state index contributed by atoms with van der Waals surface area (Å²) in [6.45, 7) is 3.27. The third kappa shape index (κ3) is 3.98. The number of aromatic nitrogens is 1. The quantitative estimate of drug-likeness (QED) is 0.811. The molecule has 1 aromatic carbocycles. The molecule has 1 aromatic heterocycles. The number of carbonyl (C=O) groups excluding carboxylic acids is 2. The average Bonchev–Trinajstić information content (AvgIpc) is 2.84. The molecule has 0 bridgehead atoms. The lowest BCUT2D eigenvalue weighted by molar-refractivity contribution is -0.123. The summed E-state index contributed by atoms with van der Waals surface area (Å²) in [4.78, 5) is 24.0. The predicted molar refractivity (Wildman–Crippen MR) is 89.4 cm³/mol. The van der Waals surface area contributed by atoms with Gasteiger partial charge >= 0.3 is 0 Å². The largest absolute Gasteiger partial charge is 0.353 e. The standard InChI is InChI=1S/C16H20N2O4S/c1-11(16(20)17-8-9-23(3,21)22)18-10-14(12(2)19)13-6-4-5-7-15(13)18/h4-7,10-11H,8-9H2,1-3H3,(H,17,20). The zero-order valence-corrected chi connectivity index (χ0v) is 14.2. The van der Waals surface area contributed by atoms with E-state index >= 15 is 0 Å². The molecule has 0 spiro atoms. The zero-order valence-electron chi connectivity index (χ0n) is 13.4. The number of nitrogens with one attached hydrogen (secondary N) is 1. The maximum Gasteiger partial charge on any atom is 0.242 e. The second-order valence-corrected chi connectivity index (χ2v) is 7.88. The minimum Gasteiger partial charge on any atom is -0.353 e. The summed E-state index contributed by atoms with van der Waals surface area (Å²) >= 11 is 0. The number of rotatable bonds is 6. The second-order valence-electron chi connectivity index (χ2n) is 5.62. The van der Waals surface area contributed by atoms with Crippen molar-refractivity contribution < 1.29 is 18.0 Å². The fraction of sp³-hybridized carbons (Fsp3) is 0.375. The van der Waals surface area contributed by atoms with Gasteiger partial charge in [0.2, 0.25) is 5.91 Å². The van der Waals surface area contributed by atoms with Gasteiger partial charge in [-0.15, -0.1) is 0 Å². The summed E-state index contributed by atoms with van der Waals surface area (Å²) in [6, 6.07) is 6.83. The van der Waals surface area contributed by atoms with Gasteiger partial charge in [0.1, 0.15) is 15.9 Å². The first-order valence-electron chi connectivity index (χ1n) is 7.26. The van der Waals surface area contributed by atoms with Gasteiger partial charge in [0.15, 0.2) is 5.78 Å². The summed E-state index contributed by atoms with van der Waals surface area (Å²) in [5.74, 6) is -0.453. The fourth-order valence-corrected chi connectivity index (χ4v) is 2.91. The number of carbonyl (C=O) groups is 2. The van der Waals surface area contributed by atoms with E-state index in [9.17, 15) is 18.0 Å². The summed E-state index contributed by atoms with van der Waals surface area (Å²) in [6.07, 6.45) is 2.80. The van der Waals surface area contributed by atoms with E-state index in [-0.39, 0.29) is 24.0 Å². The van der Waals surface area contributed by atoms with Crippen LogP contribution in [0.15, 0.2) is 30.5 Å². The molecule has 0 saturated heterocycles. The van der Waals surface area contributed by atoms with Gasteiger partial charge in [-0.1, -0.05) is 18.2 Å². The molecule has 0 aliphatic rings. The van der Waals surface area contributed by atoms with Crippen LogP contribution in [0.1, 0.15) is 30.2 Å². The highest BCUT2D eigenvalue weighted by Gasteiger charge is 2.20. The molecule has 0 fully saturated rings. The molecular formula is C16H20N2O4S. The van der Waals surface area contributed by atoms with E-state index in [0.717, 1.165) is 17.2 Å². The summed E-state index contributed by atoms with van der Waals surface area (Å²) in [7, 11) is -3.12. The van der Waals surface area contributed by atoms with Crippen LogP contribution in [0.4, 0.5) is 0 Å². The summed E-state index contributed by atoms with van der Waals surface area (Å²) in [5, 5.41) is 3.42. The van der Waals surface area contributed by atoms with Gasteiger partial charge in [0.05, 0.1) is 5.75 Å². The van der Waals surface area contributed by atoms with Crippen LogP contribution >= 0.6 is 0 Å². The van der Waals surface area contributed by atoms with Crippen molar-refractivity contribution in [2.45, 2.75) is 19.9 Å². The highest BCUT2D eigenvalue weighted by molar-refractivity contribution is 7.90. The first-order valence-corrected chi connectivity index (χ1v) is 9.32. The van der Waals surface area contributed by atoms with Crippen LogP contribution in [-0.2, 0) is 14.6 Å². The van der Waals surface area contributed by atoms with Gasteiger partial charge in [0, 0.05) is 35.5 Å². The predicted octanol–water partition coefficient (Wildman–Crippen LogP) is 1.57. The Bertz CT molecular complexity index is 852. The van der Waals surface area contributed by atoms with Crippen LogP contribution in [0.2, 0.25) is 0 Å². The number of fused-ring (bicyclic) bond motifs is 1.